The van der Waals surface area contributed by atoms with E-state index in [4.69, 9.17) is 9.57 Å². The average molecular weight is 506 g/mol. The molecule has 9 heteroatoms. The van der Waals surface area contributed by atoms with Gasteiger partial charge in [0.15, 0.2) is 11.9 Å². The van der Waals surface area contributed by atoms with Crippen molar-refractivity contribution in [3.8, 4) is 0 Å². The molecule has 1 unspecified atom stereocenters. The van der Waals surface area contributed by atoms with Gasteiger partial charge in [0.25, 0.3) is 6.29 Å². The van der Waals surface area contributed by atoms with E-state index in [0.29, 0.717) is 24.2 Å². The molecule has 200 valence electrons. The van der Waals surface area contributed by atoms with Crippen LogP contribution in [0.2, 0.25) is 0 Å². The molecule has 0 radical (unpaired) electrons. The summed E-state index contributed by atoms with van der Waals surface area (Å²) in [6, 6.07) is 0. The van der Waals surface area contributed by atoms with E-state index in [1.165, 1.54) is 5.57 Å². The lowest BCUT2D eigenvalue weighted by Crippen LogP contribution is -2.60. The van der Waals surface area contributed by atoms with Crippen LogP contribution in [-0.2, 0) is 19.2 Å². The lowest BCUT2D eigenvalue weighted by molar-refractivity contribution is -0.294. The highest BCUT2D eigenvalue weighted by molar-refractivity contribution is 5.91. The lowest BCUT2D eigenvalue weighted by atomic mass is 9.46. The number of aliphatic carboxylic acids is 1. The van der Waals surface area contributed by atoms with Gasteiger partial charge in [0.1, 0.15) is 18.3 Å². The summed E-state index contributed by atoms with van der Waals surface area (Å²) in [5.41, 5.74) is 2.32. The van der Waals surface area contributed by atoms with Crippen LogP contribution in [0.4, 0.5) is 0 Å². The first kappa shape index (κ1) is 25.8. The Labute approximate surface area is 211 Å². The van der Waals surface area contributed by atoms with Crippen molar-refractivity contribution in [1.29, 1.82) is 0 Å². The van der Waals surface area contributed by atoms with Gasteiger partial charge in [-0.2, -0.15) is 0 Å². The Bertz CT molecular complexity index is 979. The molecule has 4 N–H and O–H groups in total. The molecular formula is C27H39NO8. The number of fused-ring (bicyclic) bond motifs is 5. The number of nitrogens with zero attached hydrogens (tertiary/aromatic N) is 1. The third kappa shape index (κ3) is 3.94. The molecule has 1 saturated heterocycles. The standard InChI is InChI=1S/C27H39NO8/c1-13(28-36-25-22(32)20(30)21(31)23(35-25)24(33)34)17-6-7-18-16-5-4-14-12-15(29)8-10-26(14,2)19(16)9-11-27(17,18)3/h12,16-23,25,30-32H,4-11H2,1-3H3,(H,33,34)/b28-13+/t16-,17+,18-,19-,20-,21-,22+,23-,25?,26-,27+/m0/s1. The molecule has 0 aromatic carbocycles. The van der Waals surface area contributed by atoms with Crippen molar-refractivity contribution >= 4 is 17.5 Å². The molecule has 0 aromatic rings. The minimum atomic E-state index is -1.76. The van der Waals surface area contributed by atoms with E-state index in [0.717, 1.165) is 50.7 Å². The second-order valence-electron chi connectivity index (χ2n) is 12.2. The van der Waals surface area contributed by atoms with E-state index < -0.39 is 36.7 Å². The maximum Gasteiger partial charge on any atom is 0.335 e. The van der Waals surface area contributed by atoms with E-state index in [9.17, 15) is 30.0 Å². The molecule has 0 bridgehead atoms. The van der Waals surface area contributed by atoms with Gasteiger partial charge in [-0.25, -0.2) is 4.79 Å². The highest BCUT2D eigenvalue weighted by Crippen LogP contribution is 2.66. The van der Waals surface area contributed by atoms with Gasteiger partial charge < -0.3 is 30.0 Å². The number of ether oxygens (including phenoxy) is 1. The van der Waals surface area contributed by atoms with Crippen molar-refractivity contribution in [1.82, 2.24) is 0 Å². The molecule has 11 atom stereocenters. The topological polar surface area (TPSA) is 146 Å². The zero-order chi connectivity index (χ0) is 26.0. The number of hydrogen-bond donors (Lipinski definition) is 4. The van der Waals surface area contributed by atoms with Crippen LogP contribution in [0.25, 0.3) is 0 Å². The maximum atomic E-state index is 12.1. The van der Waals surface area contributed by atoms with Crippen LogP contribution >= 0.6 is 0 Å². The quantitative estimate of drug-likeness (QED) is 0.337. The molecule has 0 amide bonds. The lowest BCUT2D eigenvalue weighted by Gasteiger charge is -2.58. The van der Waals surface area contributed by atoms with Crippen LogP contribution in [0.1, 0.15) is 72.1 Å². The van der Waals surface area contributed by atoms with Crippen LogP contribution in [0, 0.1) is 34.5 Å². The maximum absolute atomic E-state index is 12.1. The summed E-state index contributed by atoms with van der Waals surface area (Å²) < 4.78 is 5.21. The number of carbonyl (C=O) groups is 2. The van der Waals surface area contributed by atoms with Crippen molar-refractivity contribution in [3.05, 3.63) is 11.6 Å². The normalized spacial score (nSPS) is 48.9. The molecule has 1 heterocycles. The van der Waals surface area contributed by atoms with E-state index in [-0.39, 0.29) is 22.5 Å². The number of aliphatic hydroxyl groups is 3. The number of rotatable bonds is 4. The van der Waals surface area contributed by atoms with Gasteiger partial charge in [-0.05, 0) is 86.5 Å². The van der Waals surface area contributed by atoms with E-state index in [2.05, 4.69) is 19.0 Å². The number of carboxylic acid groups (broad SMARTS) is 1. The van der Waals surface area contributed by atoms with Gasteiger partial charge in [0.2, 0.25) is 0 Å². The Morgan fingerprint density at radius 1 is 1.03 bits per heavy atom. The van der Waals surface area contributed by atoms with Crippen LogP contribution in [-0.4, -0.2) is 68.6 Å². The zero-order valence-corrected chi connectivity index (χ0v) is 21.3. The number of allylic oxidation sites excluding steroid dienone is 1. The minimum Gasteiger partial charge on any atom is -0.479 e. The fourth-order valence-electron chi connectivity index (χ4n) is 8.58. The Balaban J connectivity index is 1.31. The van der Waals surface area contributed by atoms with Crippen molar-refractivity contribution in [2.75, 3.05) is 0 Å². The highest BCUT2D eigenvalue weighted by Gasteiger charge is 2.59. The van der Waals surface area contributed by atoms with Crippen LogP contribution in [0.3, 0.4) is 0 Å². The first-order chi connectivity index (χ1) is 17.0. The average Bonchev–Trinajstić information content (AvgIpc) is 3.19. The number of carboxylic acids is 1. The molecule has 5 rings (SSSR count). The first-order valence-electron chi connectivity index (χ1n) is 13.3. The summed E-state index contributed by atoms with van der Waals surface area (Å²) in [6.07, 6.45) is 1.66. The fraction of sp³-hybridized carbons (Fsp3) is 0.815. The van der Waals surface area contributed by atoms with Crippen molar-refractivity contribution in [3.63, 3.8) is 0 Å². The van der Waals surface area contributed by atoms with E-state index in [1.54, 1.807) is 0 Å². The predicted octanol–water partition coefficient (Wildman–Crippen LogP) is 2.42. The number of aliphatic hydroxyl groups excluding tert-OH is 3. The second kappa shape index (κ2) is 9.19. The van der Waals surface area contributed by atoms with Crippen molar-refractivity contribution in [2.24, 2.45) is 39.7 Å². The van der Waals surface area contributed by atoms with Gasteiger partial charge in [-0.3, -0.25) is 4.79 Å². The molecule has 9 nitrogen and oxygen atoms in total. The predicted molar refractivity (Wildman–Crippen MR) is 129 cm³/mol. The van der Waals surface area contributed by atoms with Crippen LogP contribution in [0.5, 0.6) is 0 Å². The third-order valence-corrected chi connectivity index (χ3v) is 10.6. The van der Waals surface area contributed by atoms with Crippen LogP contribution < -0.4 is 0 Å². The number of carbonyl (C=O) groups excluding carboxylic acids is 1. The van der Waals surface area contributed by atoms with Crippen LogP contribution in [0.15, 0.2) is 16.8 Å². The van der Waals surface area contributed by atoms with Crippen molar-refractivity contribution in [2.45, 2.75) is 103 Å². The van der Waals surface area contributed by atoms with Gasteiger partial charge in [0, 0.05) is 12.3 Å². The summed E-state index contributed by atoms with van der Waals surface area (Å²) in [4.78, 5) is 28.9. The molecule has 1 aliphatic heterocycles. The molecule has 4 fully saturated rings. The zero-order valence-electron chi connectivity index (χ0n) is 21.3. The highest BCUT2D eigenvalue weighted by atomic mass is 16.8. The van der Waals surface area contributed by atoms with Gasteiger partial charge >= 0.3 is 5.97 Å². The first-order valence-corrected chi connectivity index (χ1v) is 13.3. The molecule has 4 aliphatic carbocycles. The molecule has 5 aliphatic rings. The summed E-state index contributed by atoms with van der Waals surface area (Å²) in [6.45, 7) is 6.63. The third-order valence-electron chi connectivity index (χ3n) is 10.6. The largest absolute Gasteiger partial charge is 0.479 e. The minimum absolute atomic E-state index is 0.0610. The summed E-state index contributed by atoms with van der Waals surface area (Å²) in [7, 11) is 0. The summed E-state index contributed by atoms with van der Waals surface area (Å²) in [5.74, 6) is 0.794. The van der Waals surface area contributed by atoms with Gasteiger partial charge in [-0.1, -0.05) is 24.6 Å². The molecule has 3 saturated carbocycles. The second-order valence-corrected chi connectivity index (χ2v) is 12.2. The fourth-order valence-corrected chi connectivity index (χ4v) is 8.58. The Morgan fingerprint density at radius 2 is 1.78 bits per heavy atom. The van der Waals surface area contributed by atoms with E-state index >= 15 is 0 Å². The Hall–Kier alpha value is -1.81. The number of hydrogen-bond acceptors (Lipinski definition) is 8. The summed E-state index contributed by atoms with van der Waals surface area (Å²) >= 11 is 0. The van der Waals surface area contributed by atoms with Crippen molar-refractivity contribution < 1.29 is 39.6 Å². The van der Waals surface area contributed by atoms with E-state index in [1.807, 2.05) is 13.0 Å². The Morgan fingerprint density at radius 3 is 2.50 bits per heavy atom. The smallest absolute Gasteiger partial charge is 0.335 e. The SMILES string of the molecule is C/C(=N\OC1O[C@H](C(=O)O)[C@@H](O)[C@H](O)[C@H]1O)[C@H]1CC[C@H]2[C@@H]3CCC4=CC(=O)CC[C@]4(C)[C@H]3CC[C@]12C. The van der Waals surface area contributed by atoms with Gasteiger partial charge in [-0.15, -0.1) is 0 Å². The monoisotopic (exact) mass is 505 g/mol. The number of oxime groups is 1. The Kier molecular flexibility index (Phi) is 6.59. The molecule has 0 spiro atoms. The summed E-state index contributed by atoms with van der Waals surface area (Å²) in [5, 5.41) is 43.7. The molecule has 0 aromatic heterocycles. The van der Waals surface area contributed by atoms with Gasteiger partial charge in [0.05, 0.1) is 5.71 Å². The molecule has 36 heavy (non-hydrogen) atoms. The molecular weight excluding hydrogens is 466 g/mol. The number of ketones is 1.